The van der Waals surface area contributed by atoms with Gasteiger partial charge in [0.25, 0.3) is 11.8 Å². The maximum atomic E-state index is 13.0. The van der Waals surface area contributed by atoms with Gasteiger partial charge in [0.1, 0.15) is 11.6 Å². The van der Waals surface area contributed by atoms with Crippen molar-refractivity contribution in [1.29, 1.82) is 0 Å². The first kappa shape index (κ1) is 22.9. The number of para-hydroxylation sites is 2. The average Bonchev–Trinajstić information content (AvgIpc) is 2.76. The number of nitrogens with one attached hydrogen (secondary N) is 4. The van der Waals surface area contributed by atoms with Crippen molar-refractivity contribution < 1.29 is 18.4 Å². The van der Waals surface area contributed by atoms with Crippen LogP contribution in [0.3, 0.4) is 0 Å². The van der Waals surface area contributed by atoms with Crippen molar-refractivity contribution in [3.63, 3.8) is 0 Å². The first-order valence-electron chi connectivity index (χ1n) is 9.16. The Hall–Kier alpha value is -3.76. The summed E-state index contributed by atoms with van der Waals surface area (Å²) >= 11 is 10.4. The van der Waals surface area contributed by atoms with Gasteiger partial charge in [0.05, 0.1) is 11.4 Å². The van der Waals surface area contributed by atoms with E-state index in [-0.39, 0.29) is 21.4 Å². The van der Waals surface area contributed by atoms with E-state index < -0.39 is 23.4 Å². The Bertz CT molecular complexity index is 1080. The van der Waals surface area contributed by atoms with Crippen LogP contribution in [0.2, 0.25) is 0 Å². The van der Waals surface area contributed by atoms with Gasteiger partial charge in [-0.05, 0) is 85.1 Å². The van der Waals surface area contributed by atoms with Gasteiger partial charge in [-0.3, -0.25) is 20.2 Å². The molecule has 2 amide bonds. The summed E-state index contributed by atoms with van der Waals surface area (Å²) in [4.78, 5) is 24.5. The summed E-state index contributed by atoms with van der Waals surface area (Å²) in [5.41, 5.74) is 1.45. The normalized spacial score (nSPS) is 10.1. The quantitative estimate of drug-likeness (QED) is 0.428. The first-order valence-corrected chi connectivity index (χ1v) is 9.98. The summed E-state index contributed by atoms with van der Waals surface area (Å²) < 4.78 is 26.0. The van der Waals surface area contributed by atoms with Gasteiger partial charge in [0.15, 0.2) is 10.2 Å². The summed E-state index contributed by atoms with van der Waals surface area (Å²) in [6.45, 7) is 0. The predicted octanol–water partition coefficient (Wildman–Crippen LogP) is 4.22. The van der Waals surface area contributed by atoms with Crippen LogP contribution in [-0.4, -0.2) is 22.0 Å². The molecule has 0 unspecified atom stereocenters. The smallest absolute Gasteiger partial charge is 0.257 e. The molecule has 10 heteroatoms. The van der Waals surface area contributed by atoms with Crippen LogP contribution >= 0.6 is 24.4 Å². The Morgan fingerprint density at radius 1 is 0.594 bits per heavy atom. The molecule has 3 aromatic rings. The summed E-state index contributed by atoms with van der Waals surface area (Å²) in [6, 6.07) is 16.9. The van der Waals surface area contributed by atoms with Crippen molar-refractivity contribution in [1.82, 2.24) is 10.6 Å². The second-order valence-electron chi connectivity index (χ2n) is 6.38. The molecule has 3 rings (SSSR count). The van der Waals surface area contributed by atoms with E-state index in [4.69, 9.17) is 24.4 Å². The van der Waals surface area contributed by atoms with Crippen molar-refractivity contribution >= 4 is 57.8 Å². The highest BCUT2D eigenvalue weighted by Crippen LogP contribution is 2.21. The predicted molar refractivity (Wildman–Crippen MR) is 127 cm³/mol. The van der Waals surface area contributed by atoms with Gasteiger partial charge < -0.3 is 10.6 Å². The molecule has 0 saturated carbocycles. The first-order chi connectivity index (χ1) is 15.3. The highest BCUT2D eigenvalue weighted by atomic mass is 32.1. The van der Waals surface area contributed by atoms with Gasteiger partial charge in [-0.15, -0.1) is 0 Å². The topological polar surface area (TPSA) is 82.3 Å². The molecule has 0 heterocycles. The molecular weight excluding hydrogens is 454 g/mol. The number of benzene rings is 3. The van der Waals surface area contributed by atoms with Gasteiger partial charge >= 0.3 is 0 Å². The summed E-state index contributed by atoms with van der Waals surface area (Å²) in [7, 11) is 0. The van der Waals surface area contributed by atoms with Gasteiger partial charge in [-0.1, -0.05) is 12.1 Å². The minimum atomic E-state index is -0.505. The highest BCUT2D eigenvalue weighted by molar-refractivity contribution is 7.80. The molecule has 4 N–H and O–H groups in total. The molecule has 0 bridgehead atoms. The lowest BCUT2D eigenvalue weighted by Gasteiger charge is -2.16. The molecule has 0 aliphatic rings. The zero-order valence-corrected chi connectivity index (χ0v) is 18.0. The van der Waals surface area contributed by atoms with Crippen molar-refractivity contribution in [3.8, 4) is 0 Å². The van der Waals surface area contributed by atoms with Gasteiger partial charge in [0, 0.05) is 11.1 Å². The zero-order valence-electron chi connectivity index (χ0n) is 16.3. The molecule has 0 atom stereocenters. The molecule has 0 aliphatic heterocycles. The maximum Gasteiger partial charge on any atom is 0.257 e. The van der Waals surface area contributed by atoms with Crippen LogP contribution in [0.15, 0.2) is 72.8 Å². The van der Waals surface area contributed by atoms with E-state index >= 15 is 0 Å². The van der Waals surface area contributed by atoms with Crippen molar-refractivity contribution in [2.75, 3.05) is 10.6 Å². The number of halogens is 2. The fourth-order valence-electron chi connectivity index (χ4n) is 2.56. The van der Waals surface area contributed by atoms with Crippen LogP contribution in [0.25, 0.3) is 0 Å². The lowest BCUT2D eigenvalue weighted by Crippen LogP contribution is -2.36. The van der Waals surface area contributed by atoms with Crippen LogP contribution in [0.5, 0.6) is 0 Å². The van der Waals surface area contributed by atoms with Crippen LogP contribution in [0.1, 0.15) is 20.7 Å². The fourth-order valence-corrected chi connectivity index (χ4v) is 2.97. The standard InChI is InChI=1S/C22H16F2N4O2S2/c23-15-9-5-13(6-10-15)19(29)27-21(31)25-17-3-1-2-4-18(17)26-22(32)28-20(30)14-7-11-16(24)12-8-14/h1-12H,(H2,25,27,29,31)(H2,26,28,30,32). The third-order valence-electron chi connectivity index (χ3n) is 4.09. The molecule has 3 aromatic carbocycles. The van der Waals surface area contributed by atoms with Crippen LogP contribution in [0, 0.1) is 11.6 Å². The molecule has 32 heavy (non-hydrogen) atoms. The minimum absolute atomic E-state index is 0.00911. The molecule has 0 aliphatic carbocycles. The lowest BCUT2D eigenvalue weighted by atomic mass is 10.2. The lowest BCUT2D eigenvalue weighted by molar-refractivity contribution is 0.0969. The van der Waals surface area contributed by atoms with E-state index in [0.717, 1.165) is 0 Å². The van der Waals surface area contributed by atoms with E-state index in [1.165, 1.54) is 48.5 Å². The van der Waals surface area contributed by atoms with Gasteiger partial charge in [0.2, 0.25) is 0 Å². The molecule has 162 valence electrons. The van der Waals surface area contributed by atoms with Crippen molar-refractivity contribution in [3.05, 3.63) is 95.6 Å². The summed E-state index contributed by atoms with van der Waals surface area (Å²) in [6.07, 6.45) is 0. The Morgan fingerprint density at radius 3 is 1.28 bits per heavy atom. The minimum Gasteiger partial charge on any atom is -0.331 e. The Balaban J connectivity index is 1.61. The van der Waals surface area contributed by atoms with E-state index in [0.29, 0.717) is 11.4 Å². The second-order valence-corrected chi connectivity index (χ2v) is 7.19. The highest BCUT2D eigenvalue weighted by Gasteiger charge is 2.12. The second kappa shape index (κ2) is 10.5. The Morgan fingerprint density at radius 2 is 0.938 bits per heavy atom. The van der Waals surface area contributed by atoms with E-state index in [1.807, 2.05) is 0 Å². The summed E-state index contributed by atoms with van der Waals surface area (Å²) in [5, 5.41) is 10.8. The van der Waals surface area contributed by atoms with E-state index in [1.54, 1.807) is 24.3 Å². The Labute approximate surface area is 193 Å². The third-order valence-corrected chi connectivity index (χ3v) is 4.50. The van der Waals surface area contributed by atoms with Gasteiger partial charge in [-0.25, -0.2) is 8.78 Å². The molecule has 6 nitrogen and oxygen atoms in total. The number of anilines is 2. The number of amides is 2. The number of hydrogen-bond acceptors (Lipinski definition) is 4. The monoisotopic (exact) mass is 470 g/mol. The number of rotatable bonds is 4. The average molecular weight is 471 g/mol. The number of carbonyl (C=O) groups excluding carboxylic acids is 2. The van der Waals surface area contributed by atoms with Gasteiger partial charge in [-0.2, -0.15) is 0 Å². The molecule has 0 aromatic heterocycles. The summed E-state index contributed by atoms with van der Waals surface area (Å²) in [5.74, 6) is -1.92. The Kier molecular flexibility index (Phi) is 7.53. The maximum absolute atomic E-state index is 13.0. The van der Waals surface area contributed by atoms with Crippen molar-refractivity contribution in [2.45, 2.75) is 0 Å². The molecule has 0 radical (unpaired) electrons. The number of carbonyl (C=O) groups is 2. The SMILES string of the molecule is O=C(NC(=S)Nc1ccccc1NC(=S)NC(=O)c1ccc(F)cc1)c1ccc(F)cc1. The number of thiocarbonyl (C=S) groups is 2. The zero-order chi connectivity index (χ0) is 23.1. The van der Waals surface area contributed by atoms with Crippen LogP contribution < -0.4 is 21.3 Å². The van der Waals surface area contributed by atoms with Crippen LogP contribution in [0.4, 0.5) is 20.2 Å². The van der Waals surface area contributed by atoms with Crippen molar-refractivity contribution in [2.24, 2.45) is 0 Å². The third kappa shape index (κ3) is 6.37. The molecular formula is C22H16F2N4O2S2. The fraction of sp³-hybridized carbons (Fsp3) is 0. The number of hydrogen-bond donors (Lipinski definition) is 4. The van der Waals surface area contributed by atoms with Crippen LogP contribution in [-0.2, 0) is 0 Å². The molecule has 0 fully saturated rings. The van der Waals surface area contributed by atoms with E-state index in [9.17, 15) is 18.4 Å². The molecule has 0 saturated heterocycles. The van der Waals surface area contributed by atoms with E-state index in [2.05, 4.69) is 21.3 Å². The largest absolute Gasteiger partial charge is 0.331 e. The molecule has 0 spiro atoms.